The summed E-state index contributed by atoms with van der Waals surface area (Å²) >= 11 is 0. The second-order valence-corrected chi connectivity index (χ2v) is 16.4. The summed E-state index contributed by atoms with van der Waals surface area (Å²) in [5.74, 6) is 1.44. The average Bonchev–Trinajstić information content (AvgIpc) is 3.12. The quantitative estimate of drug-likeness (QED) is 0.176. The first-order chi connectivity index (χ1) is 24.9. The van der Waals surface area contributed by atoms with E-state index in [0.29, 0.717) is 17.8 Å². The second kappa shape index (κ2) is 13.0. The molecular formula is C50H54N2. The molecule has 3 aliphatic carbocycles. The Labute approximate surface area is 311 Å². The molecule has 5 aromatic rings. The lowest BCUT2D eigenvalue weighted by molar-refractivity contribution is 0.477. The third kappa shape index (κ3) is 5.63. The zero-order valence-corrected chi connectivity index (χ0v) is 32.9. The summed E-state index contributed by atoms with van der Waals surface area (Å²) in [6, 6.07) is 28.2. The van der Waals surface area contributed by atoms with Gasteiger partial charge < -0.3 is 9.80 Å². The van der Waals surface area contributed by atoms with Crippen LogP contribution < -0.4 is 10.1 Å². The van der Waals surface area contributed by atoms with Gasteiger partial charge in [0.05, 0.1) is 5.69 Å². The van der Waals surface area contributed by atoms with Gasteiger partial charge in [-0.1, -0.05) is 86.0 Å². The third-order valence-electron chi connectivity index (χ3n) is 12.9. The average molecular weight is 683 g/mol. The van der Waals surface area contributed by atoms with Crippen molar-refractivity contribution >= 4 is 44.3 Å². The van der Waals surface area contributed by atoms with E-state index in [0.717, 1.165) is 19.3 Å². The van der Waals surface area contributed by atoms with Gasteiger partial charge in [-0.2, -0.15) is 0 Å². The summed E-state index contributed by atoms with van der Waals surface area (Å²) in [4.78, 5) is 5.17. The Kier molecular flexibility index (Phi) is 8.56. The van der Waals surface area contributed by atoms with E-state index < -0.39 is 0 Å². The van der Waals surface area contributed by atoms with Crippen LogP contribution in [0.2, 0.25) is 0 Å². The molecule has 0 saturated heterocycles. The molecule has 52 heavy (non-hydrogen) atoms. The maximum Gasteiger partial charge on any atom is 0.0540 e. The van der Waals surface area contributed by atoms with Gasteiger partial charge in [0.1, 0.15) is 0 Å². The summed E-state index contributed by atoms with van der Waals surface area (Å²) in [7, 11) is 0. The van der Waals surface area contributed by atoms with E-state index in [1.807, 2.05) is 0 Å². The zero-order chi connectivity index (χ0) is 36.6. The highest BCUT2D eigenvalue weighted by Gasteiger charge is 2.31. The number of nitrogens with zero attached hydrogens (tertiary/aromatic N) is 2. The van der Waals surface area contributed by atoms with Gasteiger partial charge in [0, 0.05) is 39.1 Å². The minimum atomic E-state index is 0.396. The van der Waals surface area contributed by atoms with Crippen molar-refractivity contribution in [2.24, 2.45) is 11.8 Å². The summed E-state index contributed by atoms with van der Waals surface area (Å²) in [5, 5.41) is 6.80. The van der Waals surface area contributed by atoms with Crippen LogP contribution in [0, 0.1) is 39.5 Å². The Balaban J connectivity index is 1.43. The van der Waals surface area contributed by atoms with E-state index in [2.05, 4.69) is 170 Å². The molecular weight excluding hydrogens is 629 g/mol. The normalized spacial score (nSPS) is 20.3. The minimum Gasteiger partial charge on any atom is -0.318 e. The van der Waals surface area contributed by atoms with Gasteiger partial charge in [0.15, 0.2) is 0 Å². The molecule has 0 fully saturated rings. The van der Waals surface area contributed by atoms with Gasteiger partial charge in [0.25, 0.3) is 0 Å². The Morgan fingerprint density at radius 3 is 1.92 bits per heavy atom. The first-order valence-corrected chi connectivity index (χ1v) is 19.4. The largest absolute Gasteiger partial charge is 0.318 e. The van der Waals surface area contributed by atoms with E-state index in [4.69, 9.17) is 0 Å². The van der Waals surface area contributed by atoms with E-state index >= 15 is 0 Å². The van der Waals surface area contributed by atoms with Crippen LogP contribution in [0.4, 0.5) is 17.1 Å². The minimum absolute atomic E-state index is 0.396. The van der Waals surface area contributed by atoms with Crippen LogP contribution in [0.1, 0.15) is 94.5 Å². The van der Waals surface area contributed by atoms with Crippen LogP contribution in [-0.4, -0.2) is 4.90 Å². The topological polar surface area (TPSA) is 6.48 Å². The first-order valence-electron chi connectivity index (χ1n) is 19.4. The number of anilines is 3. The maximum atomic E-state index is 2.69. The maximum absolute atomic E-state index is 2.69. The molecule has 5 aromatic carbocycles. The number of hydrogen-bond acceptors (Lipinski definition) is 2. The Bertz CT molecular complexity index is 2410. The van der Waals surface area contributed by atoms with Crippen LogP contribution in [0.3, 0.4) is 0 Å². The Hall–Kier alpha value is -4.82. The molecule has 2 heteroatoms. The molecule has 0 heterocycles. The predicted molar refractivity (Wildman–Crippen MR) is 224 cm³/mol. The van der Waals surface area contributed by atoms with Crippen LogP contribution in [0.5, 0.6) is 0 Å². The van der Waals surface area contributed by atoms with Crippen LogP contribution in [0.25, 0.3) is 27.2 Å². The highest BCUT2D eigenvalue weighted by atomic mass is 15.2. The highest BCUT2D eigenvalue weighted by molar-refractivity contribution is 6.17. The molecule has 0 aromatic heterocycles. The van der Waals surface area contributed by atoms with Crippen molar-refractivity contribution in [1.82, 2.24) is 4.90 Å². The summed E-state index contributed by atoms with van der Waals surface area (Å²) in [5.41, 5.74) is 18.9. The molecule has 0 aliphatic heterocycles. The molecule has 3 unspecified atom stereocenters. The third-order valence-corrected chi connectivity index (χ3v) is 12.9. The molecule has 3 atom stereocenters. The van der Waals surface area contributed by atoms with Crippen molar-refractivity contribution in [1.29, 1.82) is 0 Å². The van der Waals surface area contributed by atoms with Crippen molar-refractivity contribution in [2.75, 3.05) is 4.90 Å². The van der Waals surface area contributed by atoms with Crippen LogP contribution >= 0.6 is 0 Å². The predicted octanol–water partition coefficient (Wildman–Crippen LogP) is 13.5. The molecule has 8 rings (SSSR count). The fraction of sp³-hybridized carbons (Fsp3) is 0.320. The standard InChI is InChI=1S/C50H54N2/c1-29-11-16-40(23-32(29)4)51(41-17-12-30(2)33(5)24-41)47-22-15-39-14-19-46-48(28-37(9)44-20-21-45(47)49(39)50(44)46)52(42-18-13-31(3)34(6)25-42)43-26-35(7)38(10)36(8)27-43/h11-12,14-17,19-27,35,37-38H,13,18,28H2,1-10H3. The van der Waals surface area contributed by atoms with E-state index in [1.54, 1.807) is 0 Å². The number of rotatable bonds is 6. The lowest BCUT2D eigenvalue weighted by atomic mass is 9.81. The molecule has 0 bridgehead atoms. The molecule has 0 spiro atoms. The Morgan fingerprint density at radius 2 is 1.29 bits per heavy atom. The fourth-order valence-electron chi connectivity index (χ4n) is 8.89. The van der Waals surface area contributed by atoms with Gasteiger partial charge in [0.2, 0.25) is 0 Å². The van der Waals surface area contributed by atoms with Crippen LogP contribution in [0.15, 0.2) is 119 Å². The number of benzene rings is 5. The summed E-state index contributed by atoms with van der Waals surface area (Å²) in [6.07, 6.45) is 10.7. The van der Waals surface area contributed by atoms with E-state index in [-0.39, 0.29) is 0 Å². The summed E-state index contributed by atoms with van der Waals surface area (Å²) in [6.45, 7) is 23.0. The van der Waals surface area contributed by atoms with Gasteiger partial charge in [-0.15, -0.1) is 0 Å². The SMILES string of the molecule is CC1=CC(N(C2=CC(C)=C(C)CC2)C2=c3ccc4ccc(N(c5ccc(C)c(C)c5)c5ccc(C)c(C)c5)c5ccc(c3c45)C(C)C2)=CC(C)C1C. The van der Waals surface area contributed by atoms with Gasteiger partial charge in [-0.05, 0) is 172 Å². The number of allylic oxidation sites excluding steroid dienone is 7. The zero-order valence-electron chi connectivity index (χ0n) is 32.9. The molecule has 0 radical (unpaired) electrons. The van der Waals surface area contributed by atoms with Crippen molar-refractivity contribution in [3.63, 3.8) is 0 Å². The second-order valence-electron chi connectivity index (χ2n) is 16.4. The van der Waals surface area contributed by atoms with Crippen molar-refractivity contribution in [2.45, 2.75) is 94.4 Å². The first kappa shape index (κ1) is 34.3. The van der Waals surface area contributed by atoms with E-state index in [1.165, 1.54) is 105 Å². The van der Waals surface area contributed by atoms with Gasteiger partial charge >= 0.3 is 0 Å². The monoisotopic (exact) mass is 682 g/mol. The molecule has 3 aliphatic rings. The van der Waals surface area contributed by atoms with Gasteiger partial charge in [-0.25, -0.2) is 0 Å². The van der Waals surface area contributed by atoms with Crippen molar-refractivity contribution in [3.05, 3.63) is 152 Å². The summed E-state index contributed by atoms with van der Waals surface area (Å²) < 4.78 is 0. The molecule has 0 amide bonds. The lowest BCUT2D eigenvalue weighted by Crippen LogP contribution is -2.32. The Morgan fingerprint density at radius 1 is 0.615 bits per heavy atom. The number of hydrogen-bond donors (Lipinski definition) is 0. The molecule has 2 nitrogen and oxygen atoms in total. The van der Waals surface area contributed by atoms with Crippen molar-refractivity contribution < 1.29 is 0 Å². The fourth-order valence-corrected chi connectivity index (χ4v) is 8.89. The lowest BCUT2D eigenvalue weighted by Gasteiger charge is -2.39. The smallest absolute Gasteiger partial charge is 0.0540 e. The molecule has 0 N–H and O–H groups in total. The van der Waals surface area contributed by atoms with Crippen LogP contribution in [-0.2, 0) is 0 Å². The van der Waals surface area contributed by atoms with Gasteiger partial charge in [-0.3, -0.25) is 0 Å². The highest BCUT2D eigenvalue weighted by Crippen LogP contribution is 2.46. The molecule has 0 saturated carbocycles. The van der Waals surface area contributed by atoms with Crippen molar-refractivity contribution in [3.8, 4) is 0 Å². The van der Waals surface area contributed by atoms with E-state index in [9.17, 15) is 0 Å². The molecule has 264 valence electrons. The number of aryl methyl sites for hydroxylation is 4.